The number of carboxylic acids is 1. The minimum absolute atomic E-state index is 0.110. The zero-order valence-electron chi connectivity index (χ0n) is 9.52. The second-order valence-corrected chi connectivity index (χ2v) is 3.50. The van der Waals surface area contributed by atoms with Crippen molar-refractivity contribution in [3.63, 3.8) is 0 Å². The summed E-state index contributed by atoms with van der Waals surface area (Å²) < 4.78 is 5.22. The number of hydrogen-bond acceptors (Lipinski definition) is 4. The molecule has 0 amide bonds. The topological polar surface area (TPSA) is 99.6 Å². The molecule has 0 bridgehead atoms. The smallest absolute Gasteiger partial charge is 0.341 e. The van der Waals surface area contributed by atoms with Gasteiger partial charge in [-0.05, 0) is 6.42 Å². The first-order chi connectivity index (χ1) is 8.11. The number of unbranched alkanes of at least 4 members (excludes halogenated alkanes) is 1. The molecule has 0 aromatic carbocycles. The van der Waals surface area contributed by atoms with Crippen molar-refractivity contribution in [2.75, 3.05) is 6.61 Å². The maximum Gasteiger partial charge on any atom is 0.341 e. The summed E-state index contributed by atoms with van der Waals surface area (Å²) in [5.74, 6) is -1.43. The molecule has 0 aliphatic heterocycles. The number of carboxylic acid groups (broad SMARTS) is 1. The van der Waals surface area contributed by atoms with E-state index in [0.717, 1.165) is 19.0 Å². The van der Waals surface area contributed by atoms with Crippen LogP contribution in [0, 0.1) is 0 Å². The number of pyridine rings is 1. The Labute approximate surface area is 97.9 Å². The first-order valence-electron chi connectivity index (χ1n) is 5.33. The van der Waals surface area contributed by atoms with Crippen LogP contribution in [0.15, 0.2) is 11.0 Å². The minimum atomic E-state index is -1.32. The lowest BCUT2D eigenvalue weighted by molar-refractivity contribution is 0.0694. The summed E-state index contributed by atoms with van der Waals surface area (Å²) in [6.45, 7) is 1.88. The van der Waals surface area contributed by atoms with Crippen LogP contribution < -0.4 is 10.2 Å². The predicted molar refractivity (Wildman–Crippen MR) is 60.3 cm³/mol. The number of aromatic nitrogens is 1. The van der Waals surface area contributed by atoms with Crippen LogP contribution in [0.5, 0.6) is 5.75 Å². The molecule has 0 spiro atoms. The van der Waals surface area contributed by atoms with Gasteiger partial charge in [0, 0.05) is 6.20 Å². The van der Waals surface area contributed by atoms with Gasteiger partial charge in [-0.2, -0.15) is 0 Å². The largest absolute Gasteiger partial charge is 0.488 e. The fourth-order valence-electron chi connectivity index (χ4n) is 1.30. The summed E-state index contributed by atoms with van der Waals surface area (Å²) in [4.78, 5) is 25.1. The van der Waals surface area contributed by atoms with Gasteiger partial charge in [-0.15, -0.1) is 0 Å². The highest BCUT2D eigenvalue weighted by Gasteiger charge is 2.16. The van der Waals surface area contributed by atoms with Gasteiger partial charge in [0.2, 0.25) is 5.43 Å². The predicted octanol–water partition coefficient (Wildman–Crippen LogP) is 0.744. The third kappa shape index (κ3) is 3.07. The number of rotatable bonds is 6. The van der Waals surface area contributed by atoms with Crippen LogP contribution in [-0.2, 0) is 6.61 Å². The third-order valence-electron chi connectivity index (χ3n) is 2.25. The molecule has 0 radical (unpaired) electrons. The zero-order valence-corrected chi connectivity index (χ0v) is 9.52. The Bertz CT molecular complexity index is 452. The monoisotopic (exact) mass is 241 g/mol. The van der Waals surface area contributed by atoms with Gasteiger partial charge >= 0.3 is 5.97 Å². The molecule has 1 aromatic heterocycles. The van der Waals surface area contributed by atoms with Crippen LogP contribution in [0.2, 0.25) is 0 Å². The van der Waals surface area contributed by atoms with Gasteiger partial charge in [0.05, 0.1) is 18.9 Å². The van der Waals surface area contributed by atoms with Crippen molar-refractivity contribution >= 4 is 5.97 Å². The molecule has 94 valence electrons. The maximum atomic E-state index is 11.7. The molecule has 6 nitrogen and oxygen atoms in total. The third-order valence-corrected chi connectivity index (χ3v) is 2.25. The second kappa shape index (κ2) is 6.05. The van der Waals surface area contributed by atoms with Crippen LogP contribution in [0.1, 0.15) is 35.8 Å². The van der Waals surface area contributed by atoms with Gasteiger partial charge in [0.1, 0.15) is 5.56 Å². The standard InChI is InChI=1S/C11H15NO5/c1-2-3-4-17-10-8(6-13)12-5-7(9(10)14)11(15)16/h5,13H,2-4,6H2,1H3,(H,12,14)(H,15,16). The van der Waals surface area contributed by atoms with Crippen molar-refractivity contribution < 1.29 is 19.7 Å². The molecule has 0 saturated carbocycles. The number of H-pyrrole nitrogens is 1. The highest BCUT2D eigenvalue weighted by Crippen LogP contribution is 2.12. The van der Waals surface area contributed by atoms with Crippen LogP contribution >= 0.6 is 0 Å². The molecule has 0 aliphatic carbocycles. The number of aliphatic hydroxyl groups excluding tert-OH is 1. The maximum absolute atomic E-state index is 11.7. The lowest BCUT2D eigenvalue weighted by atomic mass is 10.2. The van der Waals surface area contributed by atoms with Crippen molar-refractivity contribution in [1.29, 1.82) is 0 Å². The van der Waals surface area contributed by atoms with E-state index in [1.54, 1.807) is 0 Å². The highest BCUT2D eigenvalue weighted by atomic mass is 16.5. The van der Waals surface area contributed by atoms with Gasteiger partial charge in [0.25, 0.3) is 0 Å². The van der Waals surface area contributed by atoms with Crippen LogP contribution in [0.3, 0.4) is 0 Å². The molecule has 1 rings (SSSR count). The molecule has 3 N–H and O–H groups in total. The van der Waals surface area contributed by atoms with Crippen molar-refractivity contribution in [3.8, 4) is 5.75 Å². The van der Waals surface area contributed by atoms with E-state index >= 15 is 0 Å². The quantitative estimate of drug-likeness (QED) is 0.638. The fourth-order valence-corrected chi connectivity index (χ4v) is 1.30. The van der Waals surface area contributed by atoms with E-state index < -0.39 is 23.6 Å². The SMILES string of the molecule is CCCCOc1c(CO)[nH]cc(C(=O)O)c1=O. The van der Waals surface area contributed by atoms with E-state index in [-0.39, 0.29) is 11.4 Å². The normalized spacial score (nSPS) is 10.2. The van der Waals surface area contributed by atoms with E-state index in [1.165, 1.54) is 0 Å². The van der Waals surface area contributed by atoms with E-state index in [4.69, 9.17) is 14.9 Å². The first-order valence-corrected chi connectivity index (χ1v) is 5.33. The summed E-state index contributed by atoms with van der Waals surface area (Å²) in [5, 5.41) is 17.8. The number of aliphatic hydroxyl groups is 1. The highest BCUT2D eigenvalue weighted by molar-refractivity contribution is 5.87. The van der Waals surface area contributed by atoms with E-state index in [2.05, 4.69) is 4.98 Å². The van der Waals surface area contributed by atoms with Gasteiger partial charge in [0.15, 0.2) is 5.75 Å². The molecule has 0 saturated heterocycles. The zero-order chi connectivity index (χ0) is 12.8. The molecule has 1 aromatic rings. The number of aromatic carboxylic acids is 1. The lowest BCUT2D eigenvalue weighted by Gasteiger charge is -2.09. The van der Waals surface area contributed by atoms with Gasteiger partial charge in [-0.25, -0.2) is 4.79 Å². The van der Waals surface area contributed by atoms with E-state index in [9.17, 15) is 9.59 Å². The first kappa shape index (κ1) is 13.2. The summed E-state index contributed by atoms with van der Waals surface area (Å²) >= 11 is 0. The Hall–Kier alpha value is -1.82. The van der Waals surface area contributed by atoms with Crippen LogP contribution in [0.4, 0.5) is 0 Å². The molecule has 0 fully saturated rings. The molecule has 0 unspecified atom stereocenters. The Morgan fingerprint density at radius 2 is 2.24 bits per heavy atom. The summed E-state index contributed by atoms with van der Waals surface area (Å²) in [5.41, 5.74) is -0.916. The van der Waals surface area contributed by atoms with Crippen molar-refractivity contribution in [1.82, 2.24) is 4.98 Å². The average molecular weight is 241 g/mol. The number of nitrogens with one attached hydrogen (secondary N) is 1. The summed E-state index contributed by atoms with van der Waals surface area (Å²) in [6.07, 6.45) is 2.70. The van der Waals surface area contributed by atoms with Gasteiger partial charge < -0.3 is 19.9 Å². The van der Waals surface area contributed by atoms with Crippen LogP contribution in [-0.4, -0.2) is 27.8 Å². The Morgan fingerprint density at radius 3 is 2.76 bits per heavy atom. The lowest BCUT2D eigenvalue weighted by Crippen LogP contribution is -2.20. The molecule has 0 atom stereocenters. The summed E-state index contributed by atoms with van der Waals surface area (Å²) in [7, 11) is 0. The Kier molecular flexibility index (Phi) is 4.71. The number of carbonyl (C=O) groups is 1. The molecule has 17 heavy (non-hydrogen) atoms. The number of ether oxygens (including phenoxy) is 1. The summed E-state index contributed by atoms with van der Waals surface area (Å²) in [6, 6.07) is 0. The van der Waals surface area contributed by atoms with Gasteiger partial charge in [-0.3, -0.25) is 4.79 Å². The minimum Gasteiger partial charge on any atom is -0.488 e. The Morgan fingerprint density at radius 1 is 1.53 bits per heavy atom. The van der Waals surface area contributed by atoms with Crippen LogP contribution in [0.25, 0.3) is 0 Å². The average Bonchev–Trinajstić information content (AvgIpc) is 2.30. The van der Waals surface area contributed by atoms with Crippen molar-refractivity contribution in [2.24, 2.45) is 0 Å². The fraction of sp³-hybridized carbons (Fsp3) is 0.455. The van der Waals surface area contributed by atoms with Crippen molar-refractivity contribution in [3.05, 3.63) is 27.7 Å². The van der Waals surface area contributed by atoms with Gasteiger partial charge in [-0.1, -0.05) is 13.3 Å². The van der Waals surface area contributed by atoms with E-state index in [0.29, 0.717) is 6.61 Å². The Balaban J connectivity index is 3.09. The molecule has 6 heteroatoms. The molecule has 1 heterocycles. The van der Waals surface area contributed by atoms with Crippen molar-refractivity contribution in [2.45, 2.75) is 26.4 Å². The second-order valence-electron chi connectivity index (χ2n) is 3.50. The molecule has 0 aliphatic rings. The number of aromatic amines is 1. The molecular formula is C11H15NO5. The molecular weight excluding hydrogens is 226 g/mol. The van der Waals surface area contributed by atoms with E-state index in [1.807, 2.05) is 6.92 Å². The number of hydrogen-bond donors (Lipinski definition) is 3.